The van der Waals surface area contributed by atoms with Crippen molar-refractivity contribution in [1.82, 2.24) is 0 Å². The van der Waals surface area contributed by atoms with E-state index in [0.717, 1.165) is 180 Å². The van der Waals surface area contributed by atoms with Gasteiger partial charge in [-0.1, -0.05) is 297 Å². The van der Waals surface area contributed by atoms with Gasteiger partial charge in [-0.15, -0.1) is 0 Å². The van der Waals surface area contributed by atoms with Crippen LogP contribution in [0.25, 0.3) is 0 Å². The highest BCUT2D eigenvalue weighted by atomic mass is 16.7. The van der Waals surface area contributed by atoms with Crippen LogP contribution in [-0.4, -0.2) is 82.3 Å². The number of rotatable bonds is 65. The van der Waals surface area contributed by atoms with Gasteiger partial charge >= 0.3 is 11.9 Å². The third kappa shape index (κ3) is 74.9. The highest BCUT2D eigenvalue weighted by molar-refractivity contribution is 5.70. The first-order chi connectivity index (χ1) is 46.6. The Kier molecular flexibility index (Phi) is 68.5. The van der Waals surface area contributed by atoms with Crippen molar-refractivity contribution in [2.75, 3.05) is 47.5 Å². The molecule has 0 radical (unpaired) electrons. The number of allylic oxidation sites excluding steroid dienone is 36. The predicted octanol–water partition coefficient (Wildman–Crippen LogP) is 22.4. The fourth-order valence-electron chi connectivity index (χ4n) is 9.17. The summed E-state index contributed by atoms with van der Waals surface area (Å²) in [5.41, 5.74) is 0. The molecule has 0 saturated heterocycles. The number of unbranched alkanes of at least 4 members (excludes halogenated alkanes) is 14. The van der Waals surface area contributed by atoms with Gasteiger partial charge in [0, 0.05) is 12.8 Å². The second kappa shape index (κ2) is 73.4. The molecule has 0 aliphatic rings. The lowest BCUT2D eigenvalue weighted by Crippen LogP contribution is -2.44. The molecule has 9 heteroatoms. The molecular weight excluding hydrogens is 1170 g/mol. The number of likely N-dealkylation sites (N-methyl/N-ethyl adjacent to an activating group) is 1. The summed E-state index contributed by atoms with van der Waals surface area (Å²) in [6.45, 7) is 4.46. The van der Waals surface area contributed by atoms with Crippen molar-refractivity contribution in [3.05, 3.63) is 219 Å². The molecule has 0 aromatic heterocycles. The molecule has 0 aromatic rings. The van der Waals surface area contributed by atoms with Gasteiger partial charge in [-0.3, -0.25) is 9.59 Å². The minimum atomic E-state index is -1.64. The zero-order valence-electron chi connectivity index (χ0n) is 60.4. The molecule has 0 rings (SSSR count). The summed E-state index contributed by atoms with van der Waals surface area (Å²) in [6.07, 6.45) is 113. The smallest absolute Gasteiger partial charge is 0.306 e. The third-order valence-electron chi connectivity index (χ3n) is 14.7. The fraction of sp³-hybridized carbons (Fsp3) is 0.547. The number of hydrogen-bond acceptors (Lipinski definition) is 8. The number of quaternary nitrogens is 1. The van der Waals surface area contributed by atoms with E-state index in [1.54, 1.807) is 0 Å². The summed E-state index contributed by atoms with van der Waals surface area (Å²) in [7, 11) is 5.91. The third-order valence-corrected chi connectivity index (χ3v) is 14.7. The van der Waals surface area contributed by atoms with E-state index in [0.29, 0.717) is 23.9 Å². The van der Waals surface area contributed by atoms with E-state index in [1.807, 2.05) is 21.1 Å². The summed E-state index contributed by atoms with van der Waals surface area (Å²) < 4.78 is 22.8. The molecule has 0 spiro atoms. The highest BCUT2D eigenvalue weighted by Crippen LogP contribution is 2.14. The highest BCUT2D eigenvalue weighted by Gasteiger charge is 2.22. The van der Waals surface area contributed by atoms with E-state index in [1.165, 1.54) is 25.7 Å². The number of carbonyl (C=O) groups excluding carboxylic acids is 3. The maximum atomic E-state index is 13.0. The molecule has 0 N–H and O–H groups in total. The summed E-state index contributed by atoms with van der Waals surface area (Å²) in [4.78, 5) is 37.5. The molecule has 9 nitrogen and oxygen atoms in total. The van der Waals surface area contributed by atoms with Gasteiger partial charge in [0.2, 0.25) is 0 Å². The first-order valence-corrected chi connectivity index (χ1v) is 36.9. The molecule has 530 valence electrons. The lowest BCUT2D eigenvalue weighted by atomic mass is 10.1. The van der Waals surface area contributed by atoms with Crippen LogP contribution >= 0.6 is 0 Å². The molecule has 0 fully saturated rings. The molecule has 0 aliphatic heterocycles. The van der Waals surface area contributed by atoms with Gasteiger partial charge in [0.1, 0.15) is 13.2 Å². The summed E-state index contributed by atoms with van der Waals surface area (Å²) in [5.74, 6) is -2.34. The van der Waals surface area contributed by atoms with Gasteiger partial charge in [-0.2, -0.15) is 0 Å². The van der Waals surface area contributed by atoms with Crippen LogP contribution in [0.1, 0.15) is 245 Å². The van der Waals surface area contributed by atoms with Crippen LogP contribution in [-0.2, 0) is 33.3 Å². The van der Waals surface area contributed by atoms with Gasteiger partial charge in [-0.05, 0) is 154 Å². The molecule has 0 bridgehead atoms. The Morgan fingerprint density at radius 1 is 0.316 bits per heavy atom. The standard InChI is InChI=1S/C86H133NO8/c1-6-8-10-12-14-16-18-20-22-24-26-28-30-32-34-36-38-39-40-41-42-43-44-45-47-49-51-53-55-57-59-61-63-65-67-69-71-73-75-77-84(89)95-82(81-94-86(85(90)91)92-79-78-87(3,4)5)80-93-83(88)76-74-72-70-68-66-64-62-60-58-56-54-52-50-48-46-37-35-33-31-29-27-25-23-21-19-17-15-13-11-9-7-2/h8-11,14-17,20-23,26-29,32-35,38-39,41-42,44-46,48-49,51-52,54-55,57-58,60,82,86H,6-7,12-13,18-19,24-25,30-31,36-37,40,43,47,50,53,56,59,61-81H2,1-5H3/b10-8-,11-9-,16-14-,17-15-,22-20-,23-21-,28-26-,29-27-,34-32-,35-33-,39-38-,42-41-,45-44-,48-46-,51-49-,54-52-,57-55-,60-58-. The molecular formula is C86H133NO8. The van der Waals surface area contributed by atoms with Crippen LogP contribution in [0.4, 0.5) is 0 Å². The van der Waals surface area contributed by atoms with Crippen molar-refractivity contribution in [1.29, 1.82) is 0 Å². The summed E-state index contributed by atoms with van der Waals surface area (Å²) >= 11 is 0. The maximum Gasteiger partial charge on any atom is 0.306 e. The molecule has 0 amide bonds. The van der Waals surface area contributed by atoms with E-state index in [9.17, 15) is 19.5 Å². The van der Waals surface area contributed by atoms with E-state index >= 15 is 0 Å². The Labute approximate surface area is 581 Å². The van der Waals surface area contributed by atoms with Crippen LogP contribution in [0.3, 0.4) is 0 Å². The number of carboxylic acids is 1. The zero-order valence-corrected chi connectivity index (χ0v) is 60.4. The average molecular weight is 1310 g/mol. The van der Waals surface area contributed by atoms with Crippen molar-refractivity contribution < 1.29 is 42.9 Å². The van der Waals surface area contributed by atoms with E-state index in [-0.39, 0.29) is 38.6 Å². The molecule has 95 heavy (non-hydrogen) atoms. The topological polar surface area (TPSA) is 111 Å². The number of carboxylic acid groups (broad SMARTS) is 1. The number of ether oxygens (including phenoxy) is 4. The molecule has 0 aliphatic carbocycles. The molecule has 2 unspecified atom stereocenters. The Morgan fingerprint density at radius 3 is 0.842 bits per heavy atom. The minimum absolute atomic E-state index is 0.131. The van der Waals surface area contributed by atoms with Gasteiger partial charge in [0.25, 0.3) is 0 Å². The van der Waals surface area contributed by atoms with Gasteiger partial charge < -0.3 is 33.3 Å². The SMILES string of the molecule is CC/C=C\C/C=C\C/C=C\C/C=C\C/C=C\C/C=C\C/C=C\C/C=C\C/C=C\C/C=C\CCCCCCCCCCC(=O)OC(COC(=O)CCCCCCCC/C=C\C/C=C\C/C=C\C/C=C\C/C=C\C/C=C\C/C=C\C/C=C\CC)COC(OCC[N+](C)(C)C)C(=O)[O-]. The molecule has 0 heterocycles. The normalized spacial score (nSPS) is 14.0. The van der Waals surface area contributed by atoms with Crippen LogP contribution in [0.2, 0.25) is 0 Å². The first kappa shape index (κ1) is 88.6. The van der Waals surface area contributed by atoms with E-state index in [2.05, 4.69) is 233 Å². The lowest BCUT2D eigenvalue weighted by Gasteiger charge is -2.26. The van der Waals surface area contributed by atoms with Crippen molar-refractivity contribution in [3.63, 3.8) is 0 Å². The number of aliphatic carboxylic acids is 1. The van der Waals surface area contributed by atoms with E-state index in [4.69, 9.17) is 18.9 Å². The number of hydrogen-bond donors (Lipinski definition) is 0. The van der Waals surface area contributed by atoms with Crippen LogP contribution in [0, 0.1) is 0 Å². The van der Waals surface area contributed by atoms with Crippen molar-refractivity contribution in [2.45, 2.75) is 257 Å². The summed E-state index contributed by atoms with van der Waals surface area (Å²) in [6, 6.07) is 0. The van der Waals surface area contributed by atoms with E-state index < -0.39 is 24.3 Å². The minimum Gasteiger partial charge on any atom is -0.545 e. The van der Waals surface area contributed by atoms with Crippen LogP contribution in [0.5, 0.6) is 0 Å². The van der Waals surface area contributed by atoms with Crippen molar-refractivity contribution >= 4 is 17.9 Å². The Bertz CT molecular complexity index is 2370. The van der Waals surface area contributed by atoms with Crippen molar-refractivity contribution in [3.8, 4) is 0 Å². The summed E-state index contributed by atoms with van der Waals surface area (Å²) in [5, 5.41) is 11.8. The Hall–Kier alpha value is -6.39. The number of carbonyl (C=O) groups is 3. The zero-order chi connectivity index (χ0) is 69.0. The molecule has 2 atom stereocenters. The maximum absolute atomic E-state index is 13.0. The Morgan fingerprint density at radius 2 is 0.568 bits per heavy atom. The van der Waals surface area contributed by atoms with Crippen molar-refractivity contribution in [2.24, 2.45) is 0 Å². The monoisotopic (exact) mass is 1310 g/mol. The van der Waals surface area contributed by atoms with Gasteiger partial charge in [-0.25, -0.2) is 0 Å². The first-order valence-electron chi connectivity index (χ1n) is 36.9. The number of esters is 2. The Balaban J connectivity index is 4.24. The second-order valence-electron chi connectivity index (χ2n) is 24.8. The number of nitrogens with zero attached hydrogens (tertiary/aromatic N) is 1. The van der Waals surface area contributed by atoms with Crippen LogP contribution in [0.15, 0.2) is 219 Å². The largest absolute Gasteiger partial charge is 0.545 e. The average Bonchev–Trinajstić information content (AvgIpc) is 2.92. The van der Waals surface area contributed by atoms with Crippen LogP contribution < -0.4 is 5.11 Å². The molecule has 0 aromatic carbocycles. The quantitative estimate of drug-likeness (QED) is 0.0195. The predicted molar refractivity (Wildman–Crippen MR) is 407 cm³/mol. The molecule has 0 saturated carbocycles. The second-order valence-corrected chi connectivity index (χ2v) is 24.8. The van der Waals surface area contributed by atoms with Gasteiger partial charge in [0.05, 0.1) is 40.3 Å². The van der Waals surface area contributed by atoms with Gasteiger partial charge in [0.15, 0.2) is 12.4 Å². The fourth-order valence-corrected chi connectivity index (χ4v) is 9.17. The lowest BCUT2D eigenvalue weighted by molar-refractivity contribution is -0.870.